The van der Waals surface area contributed by atoms with Gasteiger partial charge in [0.05, 0.1) is 18.8 Å². The van der Waals surface area contributed by atoms with Gasteiger partial charge in [0.15, 0.2) is 0 Å². The normalized spacial score (nSPS) is 28.3. The summed E-state index contributed by atoms with van der Waals surface area (Å²) < 4.78 is 6.57. The van der Waals surface area contributed by atoms with Gasteiger partial charge in [-0.15, -0.1) is 11.3 Å². The van der Waals surface area contributed by atoms with Crippen molar-refractivity contribution >= 4 is 27.3 Å². The summed E-state index contributed by atoms with van der Waals surface area (Å²) in [6, 6.07) is 2.02. The highest BCUT2D eigenvalue weighted by atomic mass is 79.9. The van der Waals surface area contributed by atoms with Crippen molar-refractivity contribution in [2.45, 2.75) is 32.5 Å². The number of aryl methyl sites for hydroxylation is 1. The van der Waals surface area contributed by atoms with Gasteiger partial charge in [0.1, 0.15) is 0 Å². The maximum absolute atomic E-state index is 10.2. The van der Waals surface area contributed by atoms with Crippen LogP contribution < -0.4 is 0 Å². The van der Waals surface area contributed by atoms with Crippen LogP contribution in [0.1, 0.15) is 29.2 Å². The van der Waals surface area contributed by atoms with Crippen molar-refractivity contribution in [2.75, 3.05) is 6.61 Å². The van der Waals surface area contributed by atoms with E-state index >= 15 is 0 Å². The van der Waals surface area contributed by atoms with Gasteiger partial charge >= 0.3 is 0 Å². The average Bonchev–Trinajstić information content (AvgIpc) is 2.74. The van der Waals surface area contributed by atoms with Gasteiger partial charge in [-0.25, -0.2) is 0 Å². The zero-order chi connectivity index (χ0) is 11.0. The second-order valence-electron chi connectivity index (χ2n) is 4.14. The molecule has 84 valence electrons. The molecule has 2 nitrogen and oxygen atoms in total. The van der Waals surface area contributed by atoms with Crippen molar-refractivity contribution in [2.24, 2.45) is 5.92 Å². The standard InChI is InChI=1S/C11H15BrO2S/c1-6-3-8(5-14-6)11(13)10-4-9(12)7(2)15-10/h4,6,8,11,13H,3,5H2,1-2H3. The molecule has 0 amide bonds. The van der Waals surface area contributed by atoms with Gasteiger partial charge in [0.25, 0.3) is 0 Å². The van der Waals surface area contributed by atoms with Crippen LogP contribution in [-0.2, 0) is 4.74 Å². The largest absolute Gasteiger partial charge is 0.387 e. The number of aliphatic hydroxyl groups excluding tert-OH is 1. The topological polar surface area (TPSA) is 29.5 Å². The molecule has 1 aliphatic rings. The Kier molecular flexibility index (Phi) is 3.50. The van der Waals surface area contributed by atoms with Crippen LogP contribution in [0.4, 0.5) is 0 Å². The van der Waals surface area contributed by atoms with Crippen molar-refractivity contribution in [3.8, 4) is 0 Å². The quantitative estimate of drug-likeness (QED) is 0.906. The Bertz CT molecular complexity index is 331. The fourth-order valence-electron chi connectivity index (χ4n) is 1.93. The van der Waals surface area contributed by atoms with Crippen LogP contribution in [0.15, 0.2) is 10.5 Å². The van der Waals surface area contributed by atoms with Gasteiger partial charge in [-0.05, 0) is 42.3 Å². The molecule has 0 spiro atoms. The third-order valence-corrected chi connectivity index (χ3v) is 5.05. The summed E-state index contributed by atoms with van der Waals surface area (Å²) in [5.41, 5.74) is 0. The number of thiophene rings is 1. The third-order valence-electron chi connectivity index (χ3n) is 2.84. The molecular formula is C11H15BrO2S. The molecule has 0 radical (unpaired) electrons. The maximum Gasteiger partial charge on any atom is 0.0933 e. The van der Waals surface area contributed by atoms with E-state index in [1.165, 1.54) is 4.88 Å². The molecule has 0 aromatic carbocycles. The highest BCUT2D eigenvalue weighted by Crippen LogP contribution is 2.37. The lowest BCUT2D eigenvalue weighted by Gasteiger charge is -2.14. The van der Waals surface area contributed by atoms with E-state index in [0.29, 0.717) is 6.61 Å². The zero-order valence-corrected chi connectivity index (χ0v) is 11.3. The summed E-state index contributed by atoms with van der Waals surface area (Å²) in [7, 11) is 0. The Labute approximate surface area is 102 Å². The Balaban J connectivity index is 2.10. The molecule has 0 saturated carbocycles. The van der Waals surface area contributed by atoms with E-state index in [1.807, 2.05) is 6.07 Å². The molecule has 1 fully saturated rings. The van der Waals surface area contributed by atoms with E-state index in [2.05, 4.69) is 29.8 Å². The first kappa shape index (κ1) is 11.6. The highest BCUT2D eigenvalue weighted by molar-refractivity contribution is 9.10. The summed E-state index contributed by atoms with van der Waals surface area (Å²) in [5, 5.41) is 10.2. The lowest BCUT2D eigenvalue weighted by atomic mass is 9.98. The monoisotopic (exact) mass is 290 g/mol. The molecule has 1 aromatic rings. The molecule has 2 heterocycles. The van der Waals surface area contributed by atoms with Gasteiger partial charge in [0.2, 0.25) is 0 Å². The van der Waals surface area contributed by atoms with Crippen molar-refractivity contribution in [3.05, 3.63) is 20.3 Å². The zero-order valence-electron chi connectivity index (χ0n) is 8.87. The first-order valence-corrected chi connectivity index (χ1v) is 6.74. The summed E-state index contributed by atoms with van der Waals surface area (Å²) in [4.78, 5) is 2.26. The lowest BCUT2D eigenvalue weighted by molar-refractivity contribution is 0.0822. The minimum Gasteiger partial charge on any atom is -0.387 e. The summed E-state index contributed by atoms with van der Waals surface area (Å²) >= 11 is 5.13. The number of rotatable bonds is 2. The second kappa shape index (κ2) is 4.53. The molecule has 0 bridgehead atoms. The molecule has 3 atom stereocenters. The van der Waals surface area contributed by atoms with Gasteiger partial charge in [0, 0.05) is 20.1 Å². The van der Waals surface area contributed by atoms with Crippen molar-refractivity contribution < 1.29 is 9.84 Å². The van der Waals surface area contributed by atoms with Gasteiger partial charge in [-0.1, -0.05) is 0 Å². The van der Waals surface area contributed by atoms with Crippen molar-refractivity contribution in [3.63, 3.8) is 0 Å². The van der Waals surface area contributed by atoms with Crippen LogP contribution in [-0.4, -0.2) is 17.8 Å². The fourth-order valence-corrected chi connectivity index (χ4v) is 3.57. The summed E-state index contributed by atoms with van der Waals surface area (Å²) in [6.07, 6.45) is 0.870. The van der Waals surface area contributed by atoms with E-state index < -0.39 is 0 Å². The molecule has 1 saturated heterocycles. The Hall–Kier alpha value is 0.100. The van der Waals surface area contributed by atoms with Gasteiger partial charge in [-0.3, -0.25) is 0 Å². The van der Waals surface area contributed by atoms with E-state index in [-0.39, 0.29) is 18.1 Å². The van der Waals surface area contributed by atoms with Crippen LogP contribution in [0, 0.1) is 12.8 Å². The van der Waals surface area contributed by atoms with Gasteiger partial charge < -0.3 is 9.84 Å². The number of aliphatic hydroxyl groups is 1. The van der Waals surface area contributed by atoms with Crippen molar-refractivity contribution in [1.82, 2.24) is 0 Å². The Morgan fingerprint density at radius 1 is 1.67 bits per heavy atom. The fraction of sp³-hybridized carbons (Fsp3) is 0.636. The lowest BCUT2D eigenvalue weighted by Crippen LogP contribution is -2.11. The molecule has 1 aliphatic heterocycles. The van der Waals surface area contributed by atoms with Crippen molar-refractivity contribution in [1.29, 1.82) is 0 Å². The predicted octanol–water partition coefficient (Wildman–Crippen LogP) is 3.28. The first-order valence-electron chi connectivity index (χ1n) is 5.13. The van der Waals surface area contributed by atoms with E-state index in [1.54, 1.807) is 11.3 Å². The minimum absolute atomic E-state index is 0.255. The second-order valence-corrected chi connectivity index (χ2v) is 6.28. The number of hydrogen-bond donors (Lipinski definition) is 1. The Morgan fingerprint density at radius 3 is 2.87 bits per heavy atom. The number of hydrogen-bond acceptors (Lipinski definition) is 3. The molecular weight excluding hydrogens is 276 g/mol. The van der Waals surface area contributed by atoms with Crippen LogP contribution in [0.3, 0.4) is 0 Å². The minimum atomic E-state index is -0.370. The molecule has 2 rings (SSSR count). The number of halogens is 1. The number of ether oxygens (including phenoxy) is 1. The molecule has 1 N–H and O–H groups in total. The van der Waals surface area contributed by atoms with E-state index in [0.717, 1.165) is 15.8 Å². The van der Waals surface area contributed by atoms with Crippen LogP contribution in [0.5, 0.6) is 0 Å². The maximum atomic E-state index is 10.2. The molecule has 0 aliphatic carbocycles. The van der Waals surface area contributed by atoms with Gasteiger partial charge in [-0.2, -0.15) is 0 Å². The molecule has 1 aromatic heterocycles. The average molecular weight is 291 g/mol. The molecule has 15 heavy (non-hydrogen) atoms. The van der Waals surface area contributed by atoms with Crippen LogP contribution in [0.2, 0.25) is 0 Å². The smallest absolute Gasteiger partial charge is 0.0933 e. The SMILES string of the molecule is Cc1sc(C(O)C2COC(C)C2)cc1Br. The summed E-state index contributed by atoms with van der Waals surface area (Å²) in [5.74, 6) is 0.255. The van der Waals surface area contributed by atoms with E-state index in [9.17, 15) is 5.11 Å². The third kappa shape index (κ3) is 2.44. The Morgan fingerprint density at radius 2 is 2.40 bits per heavy atom. The predicted molar refractivity (Wildman–Crippen MR) is 65.2 cm³/mol. The molecule has 3 unspecified atom stereocenters. The van der Waals surface area contributed by atoms with Crippen LogP contribution in [0.25, 0.3) is 0 Å². The summed E-state index contributed by atoms with van der Waals surface area (Å²) in [6.45, 7) is 4.79. The first-order chi connectivity index (χ1) is 7.08. The molecule has 4 heteroatoms. The van der Waals surface area contributed by atoms with Crippen LogP contribution >= 0.6 is 27.3 Å². The highest BCUT2D eigenvalue weighted by Gasteiger charge is 2.30. The van der Waals surface area contributed by atoms with E-state index in [4.69, 9.17) is 4.74 Å².